The average Bonchev–Trinajstić information content (AvgIpc) is 2.50. The first-order chi connectivity index (χ1) is 11.9. The van der Waals surface area contributed by atoms with Crippen LogP contribution in [0.5, 0.6) is 0 Å². The van der Waals surface area contributed by atoms with Crippen molar-refractivity contribution in [3.8, 4) is 0 Å². The molecule has 0 radical (unpaired) electrons. The molecule has 11 heteroatoms. The van der Waals surface area contributed by atoms with E-state index in [4.69, 9.17) is 5.11 Å². The predicted octanol–water partition coefficient (Wildman–Crippen LogP) is -0.639. The number of esters is 2. The van der Waals surface area contributed by atoms with Crippen LogP contribution in [0.25, 0.3) is 0 Å². The van der Waals surface area contributed by atoms with Gasteiger partial charge in [-0.15, -0.1) is 0 Å². The van der Waals surface area contributed by atoms with Gasteiger partial charge in [0.1, 0.15) is 0 Å². The van der Waals surface area contributed by atoms with Crippen LogP contribution in [0.4, 0.5) is 0 Å². The Morgan fingerprint density at radius 2 is 1.23 bits per heavy atom. The third-order valence-corrected chi connectivity index (χ3v) is 2.46. The molecule has 1 rings (SSSR count). The SMILES string of the molecule is C=C(C)C(=O)OC(=O)C(C)=CC=C(C)C(=O)O.O=c1[nH]c(=O)[nH]c(=O)[nH]1. The normalized spacial score (nSPS) is 11.0. The lowest BCUT2D eigenvalue weighted by molar-refractivity contribution is -0.154. The predicted molar refractivity (Wildman–Crippen MR) is 89.4 cm³/mol. The Balaban J connectivity index is 0.000000577. The van der Waals surface area contributed by atoms with Gasteiger partial charge in [0.25, 0.3) is 0 Å². The lowest BCUT2D eigenvalue weighted by Crippen LogP contribution is -2.34. The summed E-state index contributed by atoms with van der Waals surface area (Å²) in [5.41, 5.74) is -2.09. The van der Waals surface area contributed by atoms with Crippen molar-refractivity contribution in [2.75, 3.05) is 0 Å². The Bertz CT molecular complexity index is 864. The van der Waals surface area contributed by atoms with Crippen LogP contribution in [0.3, 0.4) is 0 Å². The summed E-state index contributed by atoms with van der Waals surface area (Å²) in [6.07, 6.45) is 2.53. The summed E-state index contributed by atoms with van der Waals surface area (Å²) < 4.78 is 4.44. The van der Waals surface area contributed by atoms with Gasteiger partial charge in [-0.1, -0.05) is 18.7 Å². The number of hydrogen-bond acceptors (Lipinski definition) is 7. The molecule has 0 bridgehead atoms. The summed E-state index contributed by atoms with van der Waals surface area (Å²) >= 11 is 0. The average molecular weight is 367 g/mol. The highest BCUT2D eigenvalue weighted by atomic mass is 16.6. The van der Waals surface area contributed by atoms with E-state index in [1.54, 1.807) is 15.0 Å². The quantitative estimate of drug-likeness (QED) is 0.235. The monoisotopic (exact) mass is 367 g/mol. The molecule has 1 aromatic heterocycles. The second kappa shape index (κ2) is 10.2. The van der Waals surface area contributed by atoms with Gasteiger partial charge >= 0.3 is 35.0 Å². The fourth-order valence-corrected chi connectivity index (χ4v) is 1.04. The molecule has 0 amide bonds. The Morgan fingerprint density at radius 3 is 1.58 bits per heavy atom. The maximum absolute atomic E-state index is 11.3. The largest absolute Gasteiger partial charge is 0.478 e. The van der Waals surface area contributed by atoms with Crippen molar-refractivity contribution in [3.63, 3.8) is 0 Å². The molecule has 0 atom stereocenters. The molecule has 0 saturated carbocycles. The number of hydrogen-bond donors (Lipinski definition) is 4. The number of carbonyl (C=O) groups excluding carboxylic acids is 2. The van der Waals surface area contributed by atoms with Crippen molar-refractivity contribution in [3.05, 3.63) is 66.9 Å². The summed E-state index contributed by atoms with van der Waals surface area (Å²) in [5, 5.41) is 8.57. The summed E-state index contributed by atoms with van der Waals surface area (Å²) in [7, 11) is 0. The van der Waals surface area contributed by atoms with Gasteiger partial charge in [0.15, 0.2) is 0 Å². The Labute approximate surface area is 145 Å². The Morgan fingerprint density at radius 1 is 0.846 bits per heavy atom. The van der Waals surface area contributed by atoms with Gasteiger partial charge in [-0.3, -0.25) is 15.0 Å². The molecule has 0 aliphatic carbocycles. The number of allylic oxidation sites excluding steroid dienone is 2. The maximum atomic E-state index is 11.3. The number of aliphatic carboxylic acids is 1. The summed E-state index contributed by atoms with van der Waals surface area (Å²) in [6, 6.07) is 0. The van der Waals surface area contributed by atoms with E-state index in [-0.39, 0.29) is 16.7 Å². The Hall–Kier alpha value is -3.76. The van der Waals surface area contributed by atoms with Crippen molar-refractivity contribution in [2.24, 2.45) is 0 Å². The molecule has 0 spiro atoms. The molecule has 140 valence electrons. The van der Waals surface area contributed by atoms with E-state index in [0.717, 1.165) is 0 Å². The first kappa shape index (κ1) is 22.2. The second-order valence-electron chi connectivity index (χ2n) is 4.82. The molecule has 11 nitrogen and oxygen atoms in total. The molecule has 4 N–H and O–H groups in total. The van der Waals surface area contributed by atoms with Gasteiger partial charge in [0.2, 0.25) is 0 Å². The van der Waals surface area contributed by atoms with Crippen LogP contribution >= 0.6 is 0 Å². The summed E-state index contributed by atoms with van der Waals surface area (Å²) in [4.78, 5) is 68.7. The standard InChI is InChI=1S/C12H14O5.C3H3N3O3/c1-7(2)11(15)17-12(16)9(4)6-5-8(3)10(13)14;7-1-4-2(8)6-3(9)5-1/h5-6H,1H2,2-4H3,(H,13,14);(H3,4,5,6,7,8,9). The maximum Gasteiger partial charge on any atom is 0.341 e. The van der Waals surface area contributed by atoms with Crippen molar-refractivity contribution in [1.29, 1.82) is 0 Å². The molecule has 0 aliphatic heterocycles. The van der Waals surface area contributed by atoms with Gasteiger partial charge < -0.3 is 9.84 Å². The molecule has 0 saturated heterocycles. The first-order valence-electron chi connectivity index (χ1n) is 6.87. The zero-order chi connectivity index (χ0) is 20.4. The number of carboxylic acid groups (broad SMARTS) is 1. The smallest absolute Gasteiger partial charge is 0.341 e. The van der Waals surface area contributed by atoms with Gasteiger partial charge in [0, 0.05) is 16.7 Å². The second-order valence-corrected chi connectivity index (χ2v) is 4.82. The van der Waals surface area contributed by atoms with Gasteiger partial charge in [-0.25, -0.2) is 28.8 Å². The van der Waals surface area contributed by atoms with Crippen molar-refractivity contribution in [2.45, 2.75) is 20.8 Å². The summed E-state index contributed by atoms with van der Waals surface area (Å²) in [6.45, 7) is 7.55. The van der Waals surface area contributed by atoms with E-state index >= 15 is 0 Å². The van der Waals surface area contributed by atoms with Crippen molar-refractivity contribution < 1.29 is 24.2 Å². The number of ether oxygens (including phenoxy) is 1. The number of H-pyrrole nitrogens is 3. The molecule has 0 fully saturated rings. The molecule has 0 unspecified atom stereocenters. The van der Waals surface area contributed by atoms with Crippen LogP contribution in [0.1, 0.15) is 20.8 Å². The zero-order valence-corrected chi connectivity index (χ0v) is 14.2. The molecule has 1 heterocycles. The first-order valence-corrected chi connectivity index (χ1v) is 6.87. The number of aromatic amines is 3. The van der Waals surface area contributed by atoms with Gasteiger partial charge in [-0.05, 0) is 20.8 Å². The third-order valence-electron chi connectivity index (χ3n) is 2.46. The highest BCUT2D eigenvalue weighted by Gasteiger charge is 2.12. The van der Waals surface area contributed by atoms with Crippen LogP contribution in [0, 0.1) is 0 Å². The number of rotatable bonds is 4. The van der Waals surface area contributed by atoms with Crippen molar-refractivity contribution in [1.82, 2.24) is 15.0 Å². The van der Waals surface area contributed by atoms with E-state index in [1.807, 2.05) is 0 Å². The van der Waals surface area contributed by atoms with Crippen LogP contribution in [-0.2, 0) is 19.1 Å². The number of nitrogens with one attached hydrogen (secondary N) is 3. The van der Waals surface area contributed by atoms with E-state index in [0.29, 0.717) is 0 Å². The van der Waals surface area contributed by atoms with Crippen LogP contribution in [0.15, 0.2) is 49.8 Å². The van der Waals surface area contributed by atoms with Crippen LogP contribution in [0.2, 0.25) is 0 Å². The fourth-order valence-electron chi connectivity index (χ4n) is 1.04. The molecular weight excluding hydrogens is 350 g/mol. The third kappa shape index (κ3) is 8.76. The number of carboxylic acids is 1. The van der Waals surface area contributed by atoms with E-state index in [2.05, 4.69) is 11.3 Å². The van der Waals surface area contributed by atoms with Crippen molar-refractivity contribution >= 4 is 17.9 Å². The zero-order valence-electron chi connectivity index (χ0n) is 14.2. The molecule has 0 aliphatic rings. The summed E-state index contributed by atoms with van der Waals surface area (Å²) in [5.74, 6) is -2.71. The highest BCUT2D eigenvalue weighted by molar-refractivity contribution is 6.01. The number of aromatic nitrogens is 3. The van der Waals surface area contributed by atoms with Gasteiger partial charge in [-0.2, -0.15) is 0 Å². The molecule has 1 aromatic rings. The minimum absolute atomic E-state index is 0.0726. The highest BCUT2D eigenvalue weighted by Crippen LogP contribution is 2.02. The van der Waals surface area contributed by atoms with Crippen LogP contribution < -0.4 is 17.1 Å². The lowest BCUT2D eigenvalue weighted by atomic mass is 10.2. The minimum atomic E-state index is -1.08. The van der Waals surface area contributed by atoms with E-state index in [9.17, 15) is 28.8 Å². The van der Waals surface area contributed by atoms with E-state index < -0.39 is 35.0 Å². The minimum Gasteiger partial charge on any atom is -0.478 e. The van der Waals surface area contributed by atoms with E-state index in [1.165, 1.54) is 32.9 Å². The molecule has 0 aromatic carbocycles. The fraction of sp³-hybridized carbons (Fsp3) is 0.200. The topological polar surface area (TPSA) is 179 Å². The molecule has 26 heavy (non-hydrogen) atoms. The lowest BCUT2D eigenvalue weighted by Gasteiger charge is -2.01. The van der Waals surface area contributed by atoms with Gasteiger partial charge in [0.05, 0.1) is 0 Å². The van der Waals surface area contributed by atoms with Crippen LogP contribution in [-0.4, -0.2) is 38.0 Å². The Kier molecular flexibility index (Phi) is 8.71. The number of carbonyl (C=O) groups is 3. The molecular formula is C15H17N3O8.